The van der Waals surface area contributed by atoms with E-state index >= 15 is 0 Å². The van der Waals surface area contributed by atoms with Gasteiger partial charge in [0.25, 0.3) is 0 Å². The SMILES string of the molecule is COC(=O)C(C)SC(C)C(=O)NCc1ccc(Cl)cc1. The normalized spacial score (nSPS) is 13.4. The summed E-state index contributed by atoms with van der Waals surface area (Å²) in [7, 11) is 1.34. The largest absolute Gasteiger partial charge is 0.468 e. The van der Waals surface area contributed by atoms with Crippen LogP contribution < -0.4 is 5.32 Å². The second-order valence-corrected chi connectivity index (χ2v) is 6.41. The molecule has 1 rings (SSSR count). The van der Waals surface area contributed by atoms with Gasteiger partial charge in [-0.3, -0.25) is 9.59 Å². The third kappa shape index (κ3) is 5.43. The van der Waals surface area contributed by atoms with Crippen LogP contribution in [-0.4, -0.2) is 29.5 Å². The van der Waals surface area contributed by atoms with Gasteiger partial charge in [-0.15, -0.1) is 11.8 Å². The molecule has 0 saturated heterocycles. The topological polar surface area (TPSA) is 55.4 Å². The maximum atomic E-state index is 11.9. The third-order valence-corrected chi connectivity index (χ3v) is 4.17. The molecule has 1 aromatic carbocycles. The summed E-state index contributed by atoms with van der Waals surface area (Å²) >= 11 is 7.06. The van der Waals surface area contributed by atoms with Gasteiger partial charge in [-0.2, -0.15) is 0 Å². The van der Waals surface area contributed by atoms with E-state index < -0.39 is 0 Å². The predicted octanol–water partition coefficient (Wildman–Crippen LogP) is 2.64. The first-order valence-electron chi connectivity index (χ1n) is 6.19. The number of benzene rings is 1. The van der Waals surface area contributed by atoms with Gasteiger partial charge >= 0.3 is 5.97 Å². The van der Waals surface area contributed by atoms with E-state index in [0.29, 0.717) is 11.6 Å². The molecule has 0 spiro atoms. The van der Waals surface area contributed by atoms with Crippen LogP contribution >= 0.6 is 23.4 Å². The number of halogens is 1. The molecule has 0 aliphatic carbocycles. The Labute approximate surface area is 128 Å². The van der Waals surface area contributed by atoms with Crippen LogP contribution in [-0.2, 0) is 20.9 Å². The first kappa shape index (κ1) is 16.9. The van der Waals surface area contributed by atoms with Crippen molar-refractivity contribution < 1.29 is 14.3 Å². The van der Waals surface area contributed by atoms with Gasteiger partial charge in [0.15, 0.2) is 0 Å². The summed E-state index contributed by atoms with van der Waals surface area (Å²) in [5.74, 6) is -0.437. The number of esters is 1. The lowest BCUT2D eigenvalue weighted by Gasteiger charge is -2.15. The summed E-state index contributed by atoms with van der Waals surface area (Å²) < 4.78 is 4.63. The van der Waals surface area contributed by atoms with Crippen LogP contribution in [0, 0.1) is 0 Å². The predicted molar refractivity (Wildman–Crippen MR) is 81.8 cm³/mol. The number of hydrogen-bond donors (Lipinski definition) is 1. The van der Waals surface area contributed by atoms with Crippen LogP contribution in [0.2, 0.25) is 5.02 Å². The molecule has 0 aliphatic rings. The maximum Gasteiger partial charge on any atom is 0.318 e. The van der Waals surface area contributed by atoms with E-state index in [1.165, 1.54) is 18.9 Å². The van der Waals surface area contributed by atoms with Crippen LogP contribution in [0.15, 0.2) is 24.3 Å². The fourth-order valence-electron chi connectivity index (χ4n) is 1.52. The van der Waals surface area contributed by atoms with Gasteiger partial charge in [-0.25, -0.2) is 0 Å². The summed E-state index contributed by atoms with van der Waals surface area (Å²) in [6.07, 6.45) is 0. The number of carbonyl (C=O) groups is 2. The Balaban J connectivity index is 2.42. The zero-order valence-electron chi connectivity index (χ0n) is 11.7. The van der Waals surface area contributed by atoms with E-state index in [0.717, 1.165) is 5.56 Å². The lowest BCUT2D eigenvalue weighted by atomic mass is 10.2. The number of methoxy groups -OCH3 is 1. The van der Waals surface area contributed by atoms with E-state index in [1.54, 1.807) is 26.0 Å². The Kier molecular flexibility index (Phi) is 6.88. The highest BCUT2D eigenvalue weighted by Crippen LogP contribution is 2.18. The average Bonchev–Trinajstić information content (AvgIpc) is 2.45. The van der Waals surface area contributed by atoms with Crippen molar-refractivity contribution in [3.05, 3.63) is 34.9 Å². The van der Waals surface area contributed by atoms with Gasteiger partial charge in [0.2, 0.25) is 5.91 Å². The molecule has 1 aromatic rings. The minimum Gasteiger partial charge on any atom is -0.468 e. The first-order chi connectivity index (χ1) is 9.43. The molecule has 0 bridgehead atoms. The highest BCUT2D eigenvalue weighted by Gasteiger charge is 2.21. The van der Waals surface area contributed by atoms with Crippen molar-refractivity contribution in [2.75, 3.05) is 7.11 Å². The molecule has 1 N–H and O–H groups in total. The second kappa shape index (κ2) is 8.17. The summed E-state index contributed by atoms with van der Waals surface area (Å²) in [4.78, 5) is 23.2. The van der Waals surface area contributed by atoms with Gasteiger partial charge in [-0.05, 0) is 31.5 Å². The molecular weight excluding hydrogens is 298 g/mol. The molecule has 2 atom stereocenters. The fourth-order valence-corrected chi connectivity index (χ4v) is 2.68. The van der Waals surface area contributed by atoms with Crippen LogP contribution in [0.25, 0.3) is 0 Å². The first-order valence-corrected chi connectivity index (χ1v) is 7.51. The number of thioether (sulfide) groups is 1. The fraction of sp³-hybridized carbons (Fsp3) is 0.429. The van der Waals surface area contributed by atoms with Crippen molar-refractivity contribution in [1.82, 2.24) is 5.32 Å². The second-order valence-electron chi connectivity index (χ2n) is 4.29. The molecule has 110 valence electrons. The third-order valence-electron chi connectivity index (χ3n) is 2.69. The number of amides is 1. The van der Waals surface area contributed by atoms with Crippen molar-refractivity contribution in [2.45, 2.75) is 30.9 Å². The quantitative estimate of drug-likeness (QED) is 0.820. The zero-order chi connectivity index (χ0) is 15.1. The van der Waals surface area contributed by atoms with Gasteiger partial charge in [-0.1, -0.05) is 23.7 Å². The van der Waals surface area contributed by atoms with E-state index in [9.17, 15) is 9.59 Å². The number of ether oxygens (including phenoxy) is 1. The molecule has 0 fully saturated rings. The van der Waals surface area contributed by atoms with Gasteiger partial charge in [0, 0.05) is 11.6 Å². The van der Waals surface area contributed by atoms with Gasteiger partial charge < -0.3 is 10.1 Å². The minimum absolute atomic E-state index is 0.110. The van der Waals surface area contributed by atoms with Crippen molar-refractivity contribution in [3.63, 3.8) is 0 Å². The Morgan fingerprint density at radius 3 is 2.40 bits per heavy atom. The number of nitrogens with one attached hydrogen (secondary N) is 1. The lowest BCUT2D eigenvalue weighted by molar-refractivity contribution is -0.139. The number of rotatable bonds is 6. The van der Waals surface area contributed by atoms with Crippen molar-refractivity contribution in [3.8, 4) is 0 Å². The molecule has 20 heavy (non-hydrogen) atoms. The monoisotopic (exact) mass is 315 g/mol. The standard InChI is InChI=1S/C14H18ClNO3S/c1-9(20-10(2)14(18)19-3)13(17)16-8-11-4-6-12(15)7-5-11/h4-7,9-10H,8H2,1-3H3,(H,16,17). The highest BCUT2D eigenvalue weighted by molar-refractivity contribution is 8.01. The molecule has 1 amide bonds. The molecule has 6 heteroatoms. The summed E-state index contributed by atoms with van der Waals surface area (Å²) in [5.41, 5.74) is 0.973. The van der Waals surface area contributed by atoms with E-state index in [1.807, 2.05) is 12.1 Å². The molecule has 0 radical (unpaired) electrons. The van der Waals surface area contributed by atoms with Crippen LogP contribution in [0.3, 0.4) is 0 Å². The van der Waals surface area contributed by atoms with Crippen molar-refractivity contribution in [1.29, 1.82) is 0 Å². The smallest absolute Gasteiger partial charge is 0.318 e. The van der Waals surface area contributed by atoms with E-state index in [4.69, 9.17) is 11.6 Å². The Morgan fingerprint density at radius 1 is 1.25 bits per heavy atom. The Bertz CT molecular complexity index is 464. The number of hydrogen-bond acceptors (Lipinski definition) is 4. The lowest BCUT2D eigenvalue weighted by Crippen LogP contribution is -2.32. The average molecular weight is 316 g/mol. The van der Waals surface area contributed by atoms with E-state index in [-0.39, 0.29) is 22.4 Å². The minimum atomic E-state index is -0.365. The summed E-state index contributed by atoms with van der Waals surface area (Å²) in [6.45, 7) is 3.92. The molecule has 0 saturated carbocycles. The summed E-state index contributed by atoms with van der Waals surface area (Å²) in [6, 6.07) is 7.27. The van der Waals surface area contributed by atoms with Crippen LogP contribution in [0.5, 0.6) is 0 Å². The van der Waals surface area contributed by atoms with Gasteiger partial charge in [0.05, 0.1) is 12.4 Å². The zero-order valence-corrected chi connectivity index (χ0v) is 13.3. The molecule has 2 unspecified atom stereocenters. The molecule has 0 aromatic heterocycles. The highest BCUT2D eigenvalue weighted by atomic mass is 35.5. The van der Waals surface area contributed by atoms with E-state index in [2.05, 4.69) is 10.1 Å². The van der Waals surface area contributed by atoms with Crippen molar-refractivity contribution >= 4 is 35.2 Å². The summed E-state index contributed by atoms with van der Waals surface area (Å²) in [5, 5.41) is 2.80. The maximum absolute atomic E-state index is 11.9. The van der Waals surface area contributed by atoms with Crippen LogP contribution in [0.4, 0.5) is 0 Å². The molecule has 0 heterocycles. The van der Waals surface area contributed by atoms with Crippen molar-refractivity contribution in [2.24, 2.45) is 0 Å². The molecule has 4 nitrogen and oxygen atoms in total. The van der Waals surface area contributed by atoms with Crippen LogP contribution in [0.1, 0.15) is 19.4 Å². The molecular formula is C14H18ClNO3S. The molecule has 0 aliphatic heterocycles. The number of carbonyl (C=O) groups excluding carboxylic acids is 2. The van der Waals surface area contributed by atoms with Gasteiger partial charge in [0.1, 0.15) is 5.25 Å². The Hall–Kier alpha value is -1.20. The Morgan fingerprint density at radius 2 is 1.85 bits per heavy atom.